The van der Waals surface area contributed by atoms with E-state index < -0.39 is 0 Å². The summed E-state index contributed by atoms with van der Waals surface area (Å²) < 4.78 is 7.16. The standard InChI is InChI=1S/C15H14N4O2/c16-9-11-5-6-14(21-11)15(20)18-12-3-1-2-4-13(12)19-8-7-17-10-19/h1-8,10H,9,16H2,(H,18,20). The topological polar surface area (TPSA) is 86.1 Å². The summed E-state index contributed by atoms with van der Waals surface area (Å²) in [4.78, 5) is 16.2. The lowest BCUT2D eigenvalue weighted by atomic mass is 10.2. The maximum absolute atomic E-state index is 12.2. The van der Waals surface area contributed by atoms with E-state index in [0.29, 0.717) is 11.4 Å². The molecule has 3 aromatic rings. The molecule has 3 rings (SSSR count). The van der Waals surface area contributed by atoms with Gasteiger partial charge in [-0.1, -0.05) is 12.1 Å². The highest BCUT2D eigenvalue weighted by atomic mass is 16.4. The lowest BCUT2D eigenvalue weighted by molar-refractivity contribution is 0.0995. The zero-order valence-corrected chi connectivity index (χ0v) is 11.2. The third kappa shape index (κ3) is 2.70. The van der Waals surface area contributed by atoms with Crippen molar-refractivity contribution < 1.29 is 9.21 Å². The Labute approximate surface area is 121 Å². The van der Waals surface area contributed by atoms with E-state index >= 15 is 0 Å². The summed E-state index contributed by atoms with van der Waals surface area (Å²) in [6.07, 6.45) is 5.16. The van der Waals surface area contributed by atoms with Gasteiger partial charge in [0.1, 0.15) is 5.76 Å². The van der Waals surface area contributed by atoms with Crippen molar-refractivity contribution in [2.24, 2.45) is 5.73 Å². The fraction of sp³-hybridized carbons (Fsp3) is 0.0667. The highest BCUT2D eigenvalue weighted by Gasteiger charge is 2.13. The lowest BCUT2D eigenvalue weighted by Crippen LogP contribution is -2.12. The second-order valence-electron chi connectivity index (χ2n) is 4.41. The van der Waals surface area contributed by atoms with Crippen molar-refractivity contribution in [3.63, 3.8) is 0 Å². The number of furan rings is 1. The van der Waals surface area contributed by atoms with Gasteiger partial charge in [-0.25, -0.2) is 4.98 Å². The maximum atomic E-state index is 12.2. The van der Waals surface area contributed by atoms with Crippen molar-refractivity contribution in [3.05, 3.63) is 66.6 Å². The Kier molecular flexibility index (Phi) is 3.53. The van der Waals surface area contributed by atoms with E-state index in [4.69, 9.17) is 10.2 Å². The molecule has 0 saturated carbocycles. The fourth-order valence-electron chi connectivity index (χ4n) is 2.00. The average Bonchev–Trinajstić information content (AvgIpc) is 3.19. The molecule has 106 valence electrons. The van der Waals surface area contributed by atoms with Gasteiger partial charge < -0.3 is 20.0 Å². The smallest absolute Gasteiger partial charge is 0.291 e. The number of benzene rings is 1. The van der Waals surface area contributed by atoms with Crippen LogP contribution in [-0.4, -0.2) is 15.5 Å². The number of carbonyl (C=O) groups excluding carboxylic acids is 1. The van der Waals surface area contributed by atoms with Gasteiger partial charge >= 0.3 is 0 Å². The molecule has 1 amide bonds. The zero-order valence-electron chi connectivity index (χ0n) is 11.2. The van der Waals surface area contributed by atoms with Crippen LogP contribution in [0.3, 0.4) is 0 Å². The molecule has 0 fully saturated rings. The van der Waals surface area contributed by atoms with Crippen LogP contribution in [0.1, 0.15) is 16.3 Å². The number of nitrogens with two attached hydrogens (primary N) is 1. The van der Waals surface area contributed by atoms with Crippen LogP contribution in [0, 0.1) is 0 Å². The molecule has 0 unspecified atom stereocenters. The molecule has 3 N–H and O–H groups in total. The predicted molar refractivity (Wildman–Crippen MR) is 78.1 cm³/mol. The highest BCUT2D eigenvalue weighted by molar-refractivity contribution is 6.03. The van der Waals surface area contributed by atoms with Crippen LogP contribution >= 0.6 is 0 Å². The number of nitrogens with zero attached hydrogens (tertiary/aromatic N) is 2. The third-order valence-electron chi connectivity index (χ3n) is 3.02. The van der Waals surface area contributed by atoms with Crippen molar-refractivity contribution in [2.45, 2.75) is 6.54 Å². The number of rotatable bonds is 4. The van der Waals surface area contributed by atoms with Crippen molar-refractivity contribution in [1.29, 1.82) is 0 Å². The molecule has 6 heteroatoms. The SMILES string of the molecule is NCc1ccc(C(=O)Nc2ccccc2-n2ccnc2)o1. The van der Waals surface area contributed by atoms with Crippen LogP contribution in [-0.2, 0) is 6.54 Å². The third-order valence-corrected chi connectivity index (χ3v) is 3.02. The van der Waals surface area contributed by atoms with Crippen LogP contribution in [0.2, 0.25) is 0 Å². The quantitative estimate of drug-likeness (QED) is 0.768. The molecule has 2 aromatic heterocycles. The molecule has 0 saturated heterocycles. The van der Waals surface area contributed by atoms with Crippen LogP contribution in [0.4, 0.5) is 5.69 Å². The molecule has 0 atom stereocenters. The first-order valence-corrected chi connectivity index (χ1v) is 6.45. The van der Waals surface area contributed by atoms with Crippen molar-refractivity contribution in [1.82, 2.24) is 9.55 Å². The van der Waals surface area contributed by atoms with Crippen LogP contribution < -0.4 is 11.1 Å². The summed E-state index contributed by atoms with van der Waals surface area (Å²) >= 11 is 0. The molecule has 2 heterocycles. The number of nitrogens with one attached hydrogen (secondary N) is 1. The molecule has 0 aliphatic heterocycles. The van der Waals surface area contributed by atoms with Crippen LogP contribution in [0.25, 0.3) is 5.69 Å². The van der Waals surface area contributed by atoms with Gasteiger partial charge in [-0.2, -0.15) is 0 Å². The van der Waals surface area contributed by atoms with E-state index in [9.17, 15) is 4.79 Å². The summed E-state index contributed by atoms with van der Waals surface area (Å²) in [6.45, 7) is 0.263. The van der Waals surface area contributed by atoms with E-state index in [0.717, 1.165) is 5.69 Å². The number of hydrogen-bond donors (Lipinski definition) is 2. The van der Waals surface area contributed by atoms with E-state index in [-0.39, 0.29) is 18.2 Å². The average molecular weight is 282 g/mol. The number of carbonyl (C=O) groups is 1. The number of amides is 1. The summed E-state index contributed by atoms with van der Waals surface area (Å²) in [6, 6.07) is 10.8. The summed E-state index contributed by atoms with van der Waals surface area (Å²) in [7, 11) is 0. The van der Waals surface area contributed by atoms with Gasteiger partial charge in [0, 0.05) is 12.4 Å². The lowest BCUT2D eigenvalue weighted by Gasteiger charge is -2.10. The summed E-state index contributed by atoms with van der Waals surface area (Å²) in [5, 5.41) is 2.83. The molecule has 0 spiro atoms. The minimum atomic E-state index is -0.317. The Bertz CT molecular complexity index is 747. The Balaban J connectivity index is 1.86. The molecular formula is C15H14N4O2. The van der Waals surface area contributed by atoms with Crippen LogP contribution in [0.15, 0.2) is 59.5 Å². The van der Waals surface area contributed by atoms with Gasteiger partial charge in [0.2, 0.25) is 0 Å². The van der Waals surface area contributed by atoms with Crippen molar-refractivity contribution in [2.75, 3.05) is 5.32 Å². The normalized spacial score (nSPS) is 10.5. The van der Waals surface area contributed by atoms with Gasteiger partial charge in [-0.15, -0.1) is 0 Å². The number of hydrogen-bond acceptors (Lipinski definition) is 4. The first-order chi connectivity index (χ1) is 10.3. The molecule has 0 radical (unpaired) electrons. The second-order valence-corrected chi connectivity index (χ2v) is 4.41. The summed E-state index contributed by atoms with van der Waals surface area (Å²) in [5.74, 6) is 0.487. The Morgan fingerprint density at radius 2 is 2.14 bits per heavy atom. The minimum absolute atomic E-state index is 0.232. The minimum Gasteiger partial charge on any atom is -0.455 e. The Hall–Kier alpha value is -2.86. The maximum Gasteiger partial charge on any atom is 0.291 e. The second kappa shape index (κ2) is 5.64. The van der Waals surface area contributed by atoms with Gasteiger partial charge in [0.15, 0.2) is 5.76 Å². The van der Waals surface area contributed by atoms with Crippen molar-refractivity contribution in [3.8, 4) is 5.69 Å². The van der Waals surface area contributed by atoms with Gasteiger partial charge in [0.25, 0.3) is 5.91 Å². The predicted octanol–water partition coefficient (Wildman–Crippen LogP) is 2.18. The summed E-state index contributed by atoms with van der Waals surface area (Å²) in [5.41, 5.74) is 6.97. The van der Waals surface area contributed by atoms with E-state index in [1.54, 1.807) is 24.7 Å². The van der Waals surface area contributed by atoms with E-state index in [1.807, 2.05) is 35.0 Å². The zero-order chi connectivity index (χ0) is 14.7. The van der Waals surface area contributed by atoms with Gasteiger partial charge in [0.05, 0.1) is 24.2 Å². The molecule has 1 aromatic carbocycles. The Morgan fingerprint density at radius 3 is 2.86 bits per heavy atom. The number of imidazole rings is 1. The number of para-hydroxylation sites is 2. The van der Waals surface area contributed by atoms with Gasteiger partial charge in [-0.05, 0) is 24.3 Å². The molecule has 0 bridgehead atoms. The molecule has 6 nitrogen and oxygen atoms in total. The number of anilines is 1. The Morgan fingerprint density at radius 1 is 1.29 bits per heavy atom. The molecular weight excluding hydrogens is 268 g/mol. The first-order valence-electron chi connectivity index (χ1n) is 6.45. The number of aromatic nitrogens is 2. The fourth-order valence-corrected chi connectivity index (χ4v) is 2.00. The van der Waals surface area contributed by atoms with Gasteiger partial charge in [-0.3, -0.25) is 4.79 Å². The molecule has 21 heavy (non-hydrogen) atoms. The van der Waals surface area contributed by atoms with Crippen LogP contribution in [0.5, 0.6) is 0 Å². The van der Waals surface area contributed by atoms with E-state index in [1.165, 1.54) is 0 Å². The molecule has 0 aliphatic rings. The monoisotopic (exact) mass is 282 g/mol. The van der Waals surface area contributed by atoms with E-state index in [2.05, 4.69) is 10.3 Å². The largest absolute Gasteiger partial charge is 0.455 e. The first kappa shape index (κ1) is 13.1. The highest BCUT2D eigenvalue weighted by Crippen LogP contribution is 2.20. The molecule has 0 aliphatic carbocycles. The van der Waals surface area contributed by atoms with Crippen molar-refractivity contribution >= 4 is 11.6 Å².